The number of carbonyl (C=O) groups is 1. The highest BCUT2D eigenvalue weighted by molar-refractivity contribution is 7.98. The van der Waals surface area contributed by atoms with Crippen molar-refractivity contribution in [2.45, 2.75) is 31.7 Å². The van der Waals surface area contributed by atoms with Crippen LogP contribution in [0, 0.1) is 13.8 Å². The van der Waals surface area contributed by atoms with Crippen molar-refractivity contribution in [2.24, 2.45) is 0 Å². The second-order valence-electron chi connectivity index (χ2n) is 8.02. The van der Waals surface area contributed by atoms with E-state index in [0.717, 1.165) is 28.0 Å². The quantitative estimate of drug-likeness (QED) is 0.483. The molecule has 7 nitrogen and oxygen atoms in total. The molecule has 0 fully saturated rings. The Labute approximate surface area is 198 Å². The first-order chi connectivity index (χ1) is 15.9. The van der Waals surface area contributed by atoms with Gasteiger partial charge in [0.2, 0.25) is 5.82 Å². The van der Waals surface area contributed by atoms with Gasteiger partial charge in [0.1, 0.15) is 0 Å². The van der Waals surface area contributed by atoms with Crippen LogP contribution in [0.15, 0.2) is 57.6 Å². The number of thioether (sulfide) groups is 1. The number of hydrogen-bond donors (Lipinski definition) is 1. The fourth-order valence-electron chi connectivity index (χ4n) is 3.89. The van der Waals surface area contributed by atoms with E-state index in [4.69, 9.17) is 14.2 Å². The molecule has 2 heterocycles. The van der Waals surface area contributed by atoms with E-state index < -0.39 is 6.04 Å². The first kappa shape index (κ1) is 23.1. The molecule has 0 spiro atoms. The van der Waals surface area contributed by atoms with Gasteiger partial charge in [-0.3, -0.25) is 4.90 Å². The zero-order valence-corrected chi connectivity index (χ0v) is 20.3. The van der Waals surface area contributed by atoms with Crippen LogP contribution in [0.2, 0.25) is 0 Å². The van der Waals surface area contributed by atoms with Crippen molar-refractivity contribution >= 4 is 23.4 Å². The Balaban J connectivity index is 1.78. The number of aryl methyl sites for hydroxylation is 2. The molecule has 0 aliphatic carbocycles. The van der Waals surface area contributed by atoms with E-state index >= 15 is 0 Å². The topological polar surface area (TPSA) is 80.5 Å². The minimum Gasteiger partial charge on any atom is -0.383 e. The predicted molar refractivity (Wildman–Crippen MR) is 130 cm³/mol. The summed E-state index contributed by atoms with van der Waals surface area (Å²) in [6.07, 6.45) is 2.04. The van der Waals surface area contributed by atoms with E-state index in [1.54, 1.807) is 23.8 Å². The van der Waals surface area contributed by atoms with Crippen molar-refractivity contribution in [3.05, 3.63) is 70.7 Å². The number of carbonyl (C=O) groups excluding carboxylic acids is 1. The maximum Gasteiger partial charge on any atom is 0.322 e. The van der Waals surface area contributed by atoms with Gasteiger partial charge in [-0.1, -0.05) is 23.4 Å². The number of nitrogens with one attached hydrogen (secondary N) is 1. The lowest BCUT2D eigenvalue weighted by Gasteiger charge is -2.35. The van der Waals surface area contributed by atoms with Crippen molar-refractivity contribution in [1.82, 2.24) is 20.4 Å². The van der Waals surface area contributed by atoms with E-state index in [-0.39, 0.29) is 6.03 Å². The van der Waals surface area contributed by atoms with Crippen LogP contribution < -0.4 is 5.32 Å². The molecule has 1 N–H and O–H groups in total. The summed E-state index contributed by atoms with van der Waals surface area (Å²) < 4.78 is 11.0. The van der Waals surface area contributed by atoms with Crippen LogP contribution in [0.4, 0.5) is 4.79 Å². The Morgan fingerprint density at radius 2 is 1.88 bits per heavy atom. The summed E-state index contributed by atoms with van der Waals surface area (Å²) in [4.78, 5) is 20.5. The van der Waals surface area contributed by atoms with E-state index in [9.17, 15) is 4.79 Å². The van der Waals surface area contributed by atoms with Crippen molar-refractivity contribution in [3.8, 4) is 11.4 Å². The number of methoxy groups -OCH3 is 1. The van der Waals surface area contributed by atoms with Crippen LogP contribution in [0.25, 0.3) is 17.0 Å². The van der Waals surface area contributed by atoms with Gasteiger partial charge in [-0.25, -0.2) is 4.79 Å². The standard InChI is InChI=1S/C25H28N4O3S/c1-15-6-7-19(14-16(15)2)22-21(17(3)29(12-13-31-4)25(30)26-22)24-27-23(28-32-24)18-8-10-20(33-5)11-9-18/h6-11,14,22H,12-13H2,1-5H3,(H,26,30). The maximum absolute atomic E-state index is 13.0. The normalized spacial score (nSPS) is 16.3. The van der Waals surface area contributed by atoms with Crippen LogP contribution in [0.5, 0.6) is 0 Å². The molecule has 0 saturated heterocycles. The fourth-order valence-corrected chi connectivity index (χ4v) is 4.30. The minimum atomic E-state index is -0.400. The average Bonchev–Trinajstić information content (AvgIpc) is 3.30. The molecule has 0 bridgehead atoms. The summed E-state index contributed by atoms with van der Waals surface area (Å²) in [6.45, 7) is 6.89. The Morgan fingerprint density at radius 3 is 2.55 bits per heavy atom. The third-order valence-electron chi connectivity index (χ3n) is 5.98. The second kappa shape index (κ2) is 9.80. The van der Waals surface area contributed by atoms with Gasteiger partial charge < -0.3 is 14.6 Å². The minimum absolute atomic E-state index is 0.177. The number of rotatable bonds is 7. The Bertz CT molecular complexity index is 1190. The molecule has 172 valence electrons. The van der Waals surface area contributed by atoms with Gasteiger partial charge in [-0.2, -0.15) is 4.98 Å². The molecule has 8 heteroatoms. The smallest absolute Gasteiger partial charge is 0.322 e. The molecule has 0 saturated carbocycles. The Kier molecular flexibility index (Phi) is 6.85. The molecule has 2 aromatic carbocycles. The zero-order valence-electron chi connectivity index (χ0n) is 19.5. The average molecular weight is 465 g/mol. The summed E-state index contributed by atoms with van der Waals surface area (Å²) >= 11 is 1.68. The van der Waals surface area contributed by atoms with E-state index in [1.165, 1.54) is 10.5 Å². The number of ether oxygens (including phenoxy) is 1. The predicted octanol–water partition coefficient (Wildman–Crippen LogP) is 5.22. The van der Waals surface area contributed by atoms with Gasteiger partial charge in [0.15, 0.2) is 0 Å². The van der Waals surface area contributed by atoms with Crippen molar-refractivity contribution in [1.29, 1.82) is 0 Å². The maximum atomic E-state index is 13.0. The molecule has 0 radical (unpaired) electrons. The van der Waals surface area contributed by atoms with Gasteiger partial charge >= 0.3 is 6.03 Å². The summed E-state index contributed by atoms with van der Waals surface area (Å²) in [7, 11) is 1.62. The van der Waals surface area contributed by atoms with Crippen LogP contribution >= 0.6 is 11.8 Å². The summed E-state index contributed by atoms with van der Waals surface area (Å²) in [6, 6.07) is 13.6. The SMILES string of the molecule is COCCN1C(=O)NC(c2ccc(C)c(C)c2)C(c2nc(-c3ccc(SC)cc3)no2)=C1C. The zero-order chi connectivity index (χ0) is 23.5. The number of urea groups is 1. The lowest BCUT2D eigenvalue weighted by Crippen LogP contribution is -2.47. The van der Waals surface area contributed by atoms with Gasteiger partial charge in [0.25, 0.3) is 5.89 Å². The molecule has 1 aliphatic heterocycles. The van der Waals surface area contributed by atoms with Crippen LogP contribution in [0.3, 0.4) is 0 Å². The van der Waals surface area contributed by atoms with E-state index in [2.05, 4.69) is 36.5 Å². The lowest BCUT2D eigenvalue weighted by atomic mass is 9.92. The van der Waals surface area contributed by atoms with Crippen molar-refractivity contribution < 1.29 is 14.1 Å². The van der Waals surface area contributed by atoms with Gasteiger partial charge in [0, 0.05) is 23.3 Å². The first-order valence-electron chi connectivity index (χ1n) is 10.8. The molecule has 4 rings (SSSR count). The van der Waals surface area contributed by atoms with Crippen molar-refractivity contribution in [3.63, 3.8) is 0 Å². The van der Waals surface area contributed by atoms with Crippen LogP contribution in [-0.4, -0.2) is 47.6 Å². The van der Waals surface area contributed by atoms with E-state index in [1.807, 2.05) is 43.5 Å². The monoisotopic (exact) mass is 464 g/mol. The Morgan fingerprint density at radius 1 is 1.12 bits per heavy atom. The number of allylic oxidation sites excluding steroid dienone is 1. The van der Waals surface area contributed by atoms with Crippen LogP contribution in [-0.2, 0) is 4.74 Å². The highest BCUT2D eigenvalue weighted by Gasteiger charge is 2.35. The highest BCUT2D eigenvalue weighted by Crippen LogP contribution is 2.37. The summed E-state index contributed by atoms with van der Waals surface area (Å²) in [5.74, 6) is 0.902. The molecule has 3 aromatic rings. The number of hydrogen-bond acceptors (Lipinski definition) is 6. The molecule has 1 unspecified atom stereocenters. The van der Waals surface area contributed by atoms with Gasteiger partial charge in [-0.05, 0) is 68.0 Å². The van der Waals surface area contributed by atoms with E-state index in [0.29, 0.717) is 24.9 Å². The molecule has 1 aliphatic rings. The second-order valence-corrected chi connectivity index (χ2v) is 8.90. The number of amides is 2. The third-order valence-corrected chi connectivity index (χ3v) is 6.73. The first-order valence-corrected chi connectivity index (χ1v) is 12.0. The summed E-state index contributed by atoms with van der Waals surface area (Å²) in [5.41, 5.74) is 5.75. The van der Waals surface area contributed by atoms with Gasteiger partial charge in [-0.15, -0.1) is 11.8 Å². The molecule has 1 aromatic heterocycles. The van der Waals surface area contributed by atoms with Crippen LogP contribution in [0.1, 0.15) is 35.5 Å². The Hall–Kier alpha value is -3.10. The molecular weight excluding hydrogens is 436 g/mol. The third kappa shape index (κ3) is 4.67. The number of aromatic nitrogens is 2. The molecule has 2 amide bonds. The van der Waals surface area contributed by atoms with Gasteiger partial charge in [0.05, 0.1) is 24.8 Å². The highest BCUT2D eigenvalue weighted by atomic mass is 32.2. The lowest BCUT2D eigenvalue weighted by molar-refractivity contribution is 0.158. The number of benzene rings is 2. The number of nitrogens with zero attached hydrogens (tertiary/aromatic N) is 3. The van der Waals surface area contributed by atoms with Crippen molar-refractivity contribution in [2.75, 3.05) is 26.5 Å². The largest absolute Gasteiger partial charge is 0.383 e. The fraction of sp³-hybridized carbons (Fsp3) is 0.320. The molecule has 1 atom stereocenters. The molecular formula is C25H28N4O3S. The molecule has 33 heavy (non-hydrogen) atoms. The summed E-state index contributed by atoms with van der Waals surface area (Å²) in [5, 5.41) is 7.36.